The SMILES string of the molecule is Cc1c([S+]([O-])c2ccc(C#N)cc2)cc(C(=O)NCCCCCCCCCCNC(=O)c2cc([S+]([O-])c3ccc(C#N)cc3)c(C)n(-c3cccc(C(F)(F)F)c3)c2=O)c(=O)n1-c1cccc(C(F)(F)F)c1. The average molecular weight is 1030 g/mol. The van der Waals surface area contributed by atoms with Gasteiger partial charge in [-0.15, -0.1) is 0 Å². The van der Waals surface area contributed by atoms with Crippen LogP contribution >= 0.6 is 0 Å². The second-order valence-corrected chi connectivity index (χ2v) is 19.4. The monoisotopic (exact) mass is 1030 g/mol. The van der Waals surface area contributed by atoms with Crippen LogP contribution in [-0.4, -0.2) is 43.1 Å². The summed E-state index contributed by atoms with van der Waals surface area (Å²) in [6.07, 6.45) is -3.71. The number of aromatic nitrogens is 2. The van der Waals surface area contributed by atoms with Gasteiger partial charge in [0.2, 0.25) is 0 Å². The molecule has 0 aliphatic heterocycles. The van der Waals surface area contributed by atoms with Crippen molar-refractivity contribution in [3.8, 4) is 23.5 Å². The molecule has 0 aliphatic rings. The summed E-state index contributed by atoms with van der Waals surface area (Å²) in [5.74, 6) is -1.60. The summed E-state index contributed by atoms with van der Waals surface area (Å²) in [6.45, 7) is 3.18. The van der Waals surface area contributed by atoms with Gasteiger partial charge in [0.05, 0.1) is 45.8 Å². The molecule has 0 saturated heterocycles. The molecule has 0 bridgehead atoms. The number of rotatable bonds is 19. The molecule has 2 atom stereocenters. The number of pyridine rings is 2. The lowest BCUT2D eigenvalue weighted by atomic mass is 10.1. The first kappa shape index (κ1) is 54.2. The molecule has 374 valence electrons. The minimum atomic E-state index is -4.73. The largest absolute Gasteiger partial charge is 0.606 e. The van der Waals surface area contributed by atoms with Crippen LogP contribution in [0.15, 0.2) is 138 Å². The van der Waals surface area contributed by atoms with E-state index >= 15 is 0 Å². The number of carbonyl (C=O) groups excluding carboxylic acids is 2. The molecular weight excluding hydrogens is 983 g/mol. The summed E-state index contributed by atoms with van der Waals surface area (Å²) in [4.78, 5) is 55.1. The Hall–Kier alpha value is -7.10. The first-order chi connectivity index (χ1) is 34.2. The van der Waals surface area contributed by atoms with Crippen molar-refractivity contribution in [2.75, 3.05) is 13.1 Å². The number of nitriles is 2. The maximum atomic E-state index is 13.8. The van der Waals surface area contributed by atoms with E-state index in [4.69, 9.17) is 0 Å². The normalized spacial score (nSPS) is 12.4. The van der Waals surface area contributed by atoms with E-state index in [9.17, 15) is 65.1 Å². The van der Waals surface area contributed by atoms with E-state index in [0.29, 0.717) is 36.8 Å². The van der Waals surface area contributed by atoms with Gasteiger partial charge in [-0.1, -0.05) is 50.7 Å². The molecule has 0 spiro atoms. The van der Waals surface area contributed by atoms with E-state index in [0.717, 1.165) is 71.2 Å². The van der Waals surface area contributed by atoms with Gasteiger partial charge in [-0.25, -0.2) is 0 Å². The van der Waals surface area contributed by atoms with Gasteiger partial charge in [0, 0.05) is 58.9 Å². The molecule has 72 heavy (non-hydrogen) atoms. The zero-order valence-corrected chi connectivity index (χ0v) is 40.4. The van der Waals surface area contributed by atoms with E-state index in [2.05, 4.69) is 10.6 Å². The molecule has 2 amide bonds. The van der Waals surface area contributed by atoms with Crippen LogP contribution in [0, 0.1) is 36.5 Å². The highest BCUT2D eigenvalue weighted by Gasteiger charge is 2.34. The summed E-state index contributed by atoms with van der Waals surface area (Å²) in [5.41, 5.74) is -4.32. The lowest BCUT2D eigenvalue weighted by Gasteiger charge is -2.19. The zero-order valence-electron chi connectivity index (χ0n) is 38.8. The maximum absolute atomic E-state index is 13.8. The smallest absolute Gasteiger partial charge is 0.416 e. The average Bonchev–Trinajstić information content (AvgIpc) is 3.36. The van der Waals surface area contributed by atoms with Crippen LogP contribution in [-0.2, 0) is 34.7 Å². The Bertz CT molecular complexity index is 2930. The van der Waals surface area contributed by atoms with E-state index < -0.39 is 79.9 Å². The third kappa shape index (κ3) is 13.0. The second-order valence-electron chi connectivity index (χ2n) is 16.5. The molecule has 20 heteroatoms. The van der Waals surface area contributed by atoms with E-state index in [-0.39, 0.29) is 55.4 Å². The van der Waals surface area contributed by atoms with E-state index in [1.165, 1.54) is 86.6 Å². The number of hydrogen-bond acceptors (Lipinski definition) is 8. The lowest BCUT2D eigenvalue weighted by molar-refractivity contribution is -0.138. The molecule has 0 radical (unpaired) electrons. The Morgan fingerprint density at radius 3 is 1.19 bits per heavy atom. The predicted octanol–water partition coefficient (Wildman–Crippen LogP) is 10.0. The van der Waals surface area contributed by atoms with Crippen molar-refractivity contribution >= 4 is 34.2 Å². The second kappa shape index (κ2) is 23.9. The summed E-state index contributed by atoms with van der Waals surface area (Å²) >= 11 is -4.00. The van der Waals surface area contributed by atoms with Crippen LogP contribution in [0.1, 0.15) is 106 Å². The van der Waals surface area contributed by atoms with Gasteiger partial charge < -0.3 is 19.7 Å². The van der Waals surface area contributed by atoms with Gasteiger partial charge in [-0.05, 0) is 112 Å². The Kier molecular flexibility index (Phi) is 18.0. The highest BCUT2D eigenvalue weighted by atomic mass is 32.2. The Morgan fingerprint density at radius 2 is 0.875 bits per heavy atom. The third-order valence-corrected chi connectivity index (χ3v) is 14.6. The van der Waals surface area contributed by atoms with Crippen LogP contribution in [0.5, 0.6) is 0 Å². The molecule has 0 fully saturated rings. The standard InChI is InChI=1S/C52H46F6N6O6S2/c1-33-45(71(69)41-21-17-35(31-59)18-22-41)29-43(49(67)63(33)39-15-11-13-37(27-39)51(53,54)55)47(65)61-25-9-7-5-3-4-6-8-10-26-62-48(66)44-30-46(72(70)42-23-19-36(32-60)20-24-42)34(2)64(50(44)68)40-16-12-14-38(28-40)52(56,57)58/h11-24,27-30H,3-10,25-26H2,1-2H3,(H,61,65)(H,62,66). The fourth-order valence-electron chi connectivity index (χ4n) is 7.79. The molecule has 0 aliphatic carbocycles. The highest BCUT2D eigenvalue weighted by Crippen LogP contribution is 2.33. The fraction of sp³-hybridized carbons (Fsp3) is 0.269. The van der Waals surface area contributed by atoms with Crippen molar-refractivity contribution in [2.24, 2.45) is 0 Å². The maximum Gasteiger partial charge on any atom is 0.416 e. The Morgan fingerprint density at radius 1 is 0.542 bits per heavy atom. The third-order valence-electron chi connectivity index (χ3n) is 11.6. The van der Waals surface area contributed by atoms with Gasteiger partial charge in [-0.2, -0.15) is 36.9 Å². The summed E-state index contributed by atoms with van der Waals surface area (Å²) < 4.78 is 112. The molecule has 0 saturated carbocycles. The number of unbranched alkanes of at least 4 members (excludes halogenated alkanes) is 7. The molecular formula is C52H46F6N6O6S2. The first-order valence-electron chi connectivity index (χ1n) is 22.5. The quantitative estimate of drug-likeness (QED) is 0.0454. The summed E-state index contributed by atoms with van der Waals surface area (Å²) in [5, 5.41) is 23.8. The van der Waals surface area contributed by atoms with Crippen LogP contribution < -0.4 is 21.8 Å². The van der Waals surface area contributed by atoms with Crippen molar-refractivity contribution in [3.63, 3.8) is 0 Å². The summed E-state index contributed by atoms with van der Waals surface area (Å²) in [7, 11) is 0. The van der Waals surface area contributed by atoms with Crippen molar-refractivity contribution in [3.05, 3.63) is 175 Å². The van der Waals surface area contributed by atoms with Crippen LogP contribution in [0.2, 0.25) is 0 Å². The number of benzene rings is 4. The van der Waals surface area contributed by atoms with E-state index in [1.54, 1.807) is 0 Å². The minimum absolute atomic E-state index is 0.0157. The van der Waals surface area contributed by atoms with Crippen LogP contribution in [0.3, 0.4) is 0 Å². The molecule has 2 unspecified atom stereocenters. The molecule has 6 rings (SSSR count). The van der Waals surface area contributed by atoms with Gasteiger partial charge in [0.15, 0.2) is 19.6 Å². The first-order valence-corrected chi connectivity index (χ1v) is 24.8. The lowest BCUT2D eigenvalue weighted by Crippen LogP contribution is -2.35. The number of amides is 2. The highest BCUT2D eigenvalue weighted by molar-refractivity contribution is 7.91. The molecule has 6 aromatic rings. The molecule has 2 aromatic heterocycles. The Balaban J connectivity index is 1.02. The summed E-state index contributed by atoms with van der Waals surface area (Å²) in [6, 6.07) is 25.9. The van der Waals surface area contributed by atoms with Crippen LogP contribution in [0.4, 0.5) is 26.3 Å². The number of hydrogen-bond donors (Lipinski definition) is 2. The number of halogens is 6. The van der Waals surface area contributed by atoms with Crippen molar-refractivity contribution in [1.82, 2.24) is 19.8 Å². The van der Waals surface area contributed by atoms with Crippen molar-refractivity contribution < 1.29 is 45.0 Å². The fourth-order valence-corrected chi connectivity index (χ4v) is 10.2. The van der Waals surface area contributed by atoms with Gasteiger partial charge in [-0.3, -0.25) is 28.3 Å². The topological polar surface area (TPSA) is 196 Å². The van der Waals surface area contributed by atoms with Gasteiger partial charge >= 0.3 is 12.4 Å². The minimum Gasteiger partial charge on any atom is -0.606 e. The van der Waals surface area contributed by atoms with Gasteiger partial charge in [0.25, 0.3) is 22.9 Å². The number of alkyl halides is 6. The zero-order chi connectivity index (χ0) is 52.3. The van der Waals surface area contributed by atoms with Crippen molar-refractivity contribution in [2.45, 2.75) is 97.1 Å². The van der Waals surface area contributed by atoms with E-state index in [1.807, 2.05) is 12.1 Å². The molecule has 2 N–H and O–H groups in total. The predicted molar refractivity (Wildman–Crippen MR) is 257 cm³/mol. The molecule has 4 aromatic carbocycles. The van der Waals surface area contributed by atoms with Gasteiger partial charge in [0.1, 0.15) is 11.1 Å². The van der Waals surface area contributed by atoms with Crippen LogP contribution in [0.25, 0.3) is 11.4 Å². The Labute approximate surface area is 416 Å². The molecule has 2 heterocycles. The number of nitrogens with one attached hydrogen (secondary N) is 2. The molecule has 12 nitrogen and oxygen atoms in total. The van der Waals surface area contributed by atoms with Crippen molar-refractivity contribution in [1.29, 1.82) is 10.5 Å². The number of carbonyl (C=O) groups is 2. The number of nitrogens with zero attached hydrogens (tertiary/aromatic N) is 4.